The van der Waals surface area contributed by atoms with Gasteiger partial charge in [0.15, 0.2) is 0 Å². The molecule has 6 nitrogen and oxygen atoms in total. The van der Waals surface area contributed by atoms with Crippen molar-refractivity contribution in [1.29, 1.82) is 0 Å². The second-order valence-electron chi connectivity index (χ2n) is 4.50. The number of ether oxygens (including phenoxy) is 2. The highest BCUT2D eigenvalue weighted by molar-refractivity contribution is 5.96. The minimum absolute atomic E-state index is 0.328. The van der Waals surface area contributed by atoms with Crippen molar-refractivity contribution >= 4 is 11.9 Å². The van der Waals surface area contributed by atoms with Gasteiger partial charge in [-0.25, -0.2) is 4.79 Å². The number of rotatable bonds is 9. The van der Waals surface area contributed by atoms with Crippen LogP contribution in [-0.2, 0) is 9.53 Å². The molecular formula is C15H21NO5. The van der Waals surface area contributed by atoms with Crippen LogP contribution in [0.3, 0.4) is 0 Å². The molecule has 0 bridgehead atoms. The molecule has 1 atom stereocenters. The normalized spacial score (nSPS) is 11.7. The molecule has 1 aromatic carbocycles. The maximum Gasteiger partial charge on any atom is 0.326 e. The first-order valence-corrected chi connectivity index (χ1v) is 6.84. The van der Waals surface area contributed by atoms with Crippen LogP contribution in [0.2, 0.25) is 0 Å². The number of methoxy groups -OCH3 is 1. The van der Waals surface area contributed by atoms with Gasteiger partial charge in [0.1, 0.15) is 11.8 Å². The molecule has 0 fully saturated rings. The van der Waals surface area contributed by atoms with Crippen molar-refractivity contribution in [3.63, 3.8) is 0 Å². The van der Waals surface area contributed by atoms with Gasteiger partial charge in [-0.3, -0.25) is 4.79 Å². The van der Waals surface area contributed by atoms with Crippen molar-refractivity contribution in [3.05, 3.63) is 29.8 Å². The zero-order valence-corrected chi connectivity index (χ0v) is 12.3. The van der Waals surface area contributed by atoms with Gasteiger partial charge in [0, 0.05) is 25.7 Å². The lowest BCUT2D eigenvalue weighted by molar-refractivity contribution is -0.139. The molecule has 1 aromatic rings. The minimum atomic E-state index is -1.04. The Kier molecular flexibility index (Phi) is 7.25. The summed E-state index contributed by atoms with van der Waals surface area (Å²) in [7, 11) is 1.62. The van der Waals surface area contributed by atoms with Crippen LogP contribution in [0.25, 0.3) is 0 Å². The molecule has 0 saturated carbocycles. The third-order valence-electron chi connectivity index (χ3n) is 2.87. The van der Waals surface area contributed by atoms with Gasteiger partial charge in [0.25, 0.3) is 5.91 Å². The topological polar surface area (TPSA) is 84.9 Å². The van der Waals surface area contributed by atoms with Gasteiger partial charge < -0.3 is 19.9 Å². The zero-order valence-electron chi connectivity index (χ0n) is 12.3. The van der Waals surface area contributed by atoms with Crippen LogP contribution >= 0.6 is 0 Å². The first-order chi connectivity index (χ1) is 10.1. The highest BCUT2D eigenvalue weighted by atomic mass is 16.5. The van der Waals surface area contributed by atoms with Gasteiger partial charge >= 0.3 is 5.97 Å². The molecule has 1 amide bonds. The Bertz CT molecular complexity index is 475. The number of carbonyl (C=O) groups excluding carboxylic acids is 1. The molecule has 1 rings (SSSR count). The molecule has 0 aromatic heterocycles. The summed E-state index contributed by atoms with van der Waals surface area (Å²) in [5, 5.41) is 11.4. The van der Waals surface area contributed by atoms with Crippen molar-refractivity contribution in [3.8, 4) is 5.75 Å². The maximum atomic E-state index is 12.0. The quantitative estimate of drug-likeness (QED) is 0.677. The monoisotopic (exact) mass is 295 g/mol. The van der Waals surface area contributed by atoms with Crippen molar-refractivity contribution < 1.29 is 24.2 Å². The summed E-state index contributed by atoms with van der Waals surface area (Å²) in [5.74, 6) is -0.897. The molecule has 0 aliphatic heterocycles. The Balaban J connectivity index is 2.62. The van der Waals surface area contributed by atoms with E-state index < -0.39 is 17.9 Å². The van der Waals surface area contributed by atoms with E-state index in [-0.39, 0.29) is 0 Å². The van der Waals surface area contributed by atoms with Crippen LogP contribution in [0, 0.1) is 0 Å². The predicted octanol–water partition coefficient (Wildman–Crippen LogP) is 1.69. The van der Waals surface area contributed by atoms with E-state index in [1.807, 2.05) is 0 Å². The number of carboxylic acid groups (broad SMARTS) is 1. The fraction of sp³-hybridized carbons (Fsp3) is 0.467. The van der Waals surface area contributed by atoms with Crippen LogP contribution in [0.5, 0.6) is 5.75 Å². The molecule has 6 heteroatoms. The van der Waals surface area contributed by atoms with Crippen LogP contribution in [-0.4, -0.2) is 43.3 Å². The van der Waals surface area contributed by atoms with Crippen LogP contribution in [0.15, 0.2) is 24.3 Å². The average molecular weight is 295 g/mol. The predicted molar refractivity (Wildman–Crippen MR) is 77.6 cm³/mol. The molecule has 0 radical (unpaired) electrons. The number of amides is 1. The minimum Gasteiger partial charge on any atom is -0.493 e. The van der Waals surface area contributed by atoms with E-state index in [2.05, 4.69) is 5.32 Å². The van der Waals surface area contributed by atoms with Gasteiger partial charge in [-0.15, -0.1) is 0 Å². The van der Waals surface area contributed by atoms with Crippen molar-refractivity contribution in [2.75, 3.05) is 20.3 Å². The molecule has 21 heavy (non-hydrogen) atoms. The summed E-state index contributed by atoms with van der Waals surface area (Å²) in [4.78, 5) is 22.9. The van der Waals surface area contributed by atoms with Gasteiger partial charge in [-0.05, 0) is 24.6 Å². The average Bonchev–Trinajstić information content (AvgIpc) is 2.49. The Morgan fingerprint density at radius 3 is 2.71 bits per heavy atom. The van der Waals surface area contributed by atoms with E-state index in [9.17, 15) is 9.59 Å². The van der Waals surface area contributed by atoms with E-state index in [1.54, 1.807) is 38.3 Å². The lowest BCUT2D eigenvalue weighted by Crippen LogP contribution is -2.40. The number of benzene rings is 1. The van der Waals surface area contributed by atoms with Crippen molar-refractivity contribution in [2.45, 2.75) is 25.8 Å². The van der Waals surface area contributed by atoms with E-state index in [1.165, 1.54) is 0 Å². The third-order valence-corrected chi connectivity index (χ3v) is 2.87. The summed E-state index contributed by atoms with van der Waals surface area (Å²) in [6, 6.07) is 5.77. The Labute approximate surface area is 124 Å². The maximum absolute atomic E-state index is 12.0. The van der Waals surface area contributed by atoms with E-state index in [4.69, 9.17) is 14.6 Å². The second-order valence-corrected chi connectivity index (χ2v) is 4.50. The molecular weight excluding hydrogens is 274 g/mol. The molecule has 0 aliphatic rings. The number of hydrogen-bond donors (Lipinski definition) is 2. The summed E-state index contributed by atoms with van der Waals surface area (Å²) in [6.07, 6.45) is 1.08. The number of hydrogen-bond acceptors (Lipinski definition) is 4. The van der Waals surface area contributed by atoms with Crippen LogP contribution in [0.4, 0.5) is 0 Å². The molecule has 0 spiro atoms. The summed E-state index contributed by atoms with van der Waals surface area (Å²) in [6.45, 7) is 2.80. The zero-order chi connectivity index (χ0) is 15.7. The van der Waals surface area contributed by atoms with Crippen LogP contribution < -0.4 is 10.1 Å². The standard InChI is InChI=1S/C15H21NO5/c1-3-13(15(18)19)16-14(17)11-6-4-7-12(10-11)21-9-5-8-20-2/h4,6-7,10,13H,3,5,8-9H2,1-2H3,(H,16,17)(H,18,19). The van der Waals surface area contributed by atoms with Gasteiger partial charge in [0.2, 0.25) is 0 Å². The summed E-state index contributed by atoms with van der Waals surface area (Å²) >= 11 is 0. The first-order valence-electron chi connectivity index (χ1n) is 6.84. The fourth-order valence-electron chi connectivity index (χ4n) is 1.70. The Morgan fingerprint density at radius 1 is 1.33 bits per heavy atom. The summed E-state index contributed by atoms with van der Waals surface area (Å²) < 4.78 is 10.4. The third kappa shape index (κ3) is 5.83. The van der Waals surface area contributed by atoms with Gasteiger partial charge in [-0.1, -0.05) is 13.0 Å². The first kappa shape index (κ1) is 17.0. The molecule has 116 valence electrons. The lowest BCUT2D eigenvalue weighted by Gasteiger charge is -2.13. The smallest absolute Gasteiger partial charge is 0.326 e. The fourth-order valence-corrected chi connectivity index (χ4v) is 1.70. The lowest BCUT2D eigenvalue weighted by atomic mass is 10.1. The molecule has 0 aliphatic carbocycles. The molecule has 1 unspecified atom stereocenters. The van der Waals surface area contributed by atoms with Crippen molar-refractivity contribution in [2.24, 2.45) is 0 Å². The largest absolute Gasteiger partial charge is 0.493 e. The van der Waals surface area contributed by atoms with E-state index in [0.717, 1.165) is 6.42 Å². The van der Waals surface area contributed by atoms with Crippen molar-refractivity contribution in [1.82, 2.24) is 5.32 Å². The number of carbonyl (C=O) groups is 2. The number of nitrogens with one attached hydrogen (secondary N) is 1. The number of aliphatic carboxylic acids is 1. The highest BCUT2D eigenvalue weighted by Crippen LogP contribution is 2.14. The van der Waals surface area contributed by atoms with E-state index >= 15 is 0 Å². The SMILES string of the molecule is CCC(NC(=O)c1cccc(OCCCOC)c1)C(=O)O. The van der Waals surface area contributed by atoms with Gasteiger partial charge in [0.05, 0.1) is 6.61 Å². The van der Waals surface area contributed by atoms with Gasteiger partial charge in [-0.2, -0.15) is 0 Å². The molecule has 2 N–H and O–H groups in total. The molecule has 0 saturated heterocycles. The molecule has 0 heterocycles. The Morgan fingerprint density at radius 2 is 2.10 bits per heavy atom. The summed E-state index contributed by atoms with van der Waals surface area (Å²) in [5.41, 5.74) is 0.374. The highest BCUT2D eigenvalue weighted by Gasteiger charge is 2.18. The Hall–Kier alpha value is -2.08. The van der Waals surface area contributed by atoms with Crippen LogP contribution in [0.1, 0.15) is 30.1 Å². The number of carboxylic acids is 1. The van der Waals surface area contributed by atoms with E-state index in [0.29, 0.717) is 30.9 Å². The second kappa shape index (κ2) is 8.97.